The molecule has 0 unspecified atom stereocenters. The maximum absolute atomic E-state index is 8.94. The fourth-order valence-electron chi connectivity index (χ4n) is 4.34. The quantitative estimate of drug-likeness (QED) is 0.391. The molecule has 2 nitrogen and oxygen atoms in total. The van der Waals surface area contributed by atoms with Gasteiger partial charge in [0.25, 0.3) is 0 Å². The Morgan fingerprint density at radius 3 is 2.17 bits per heavy atom. The Hall–Kier alpha value is -2.18. The van der Waals surface area contributed by atoms with Crippen LogP contribution < -0.4 is 4.74 Å². The first-order valence-corrected chi connectivity index (χ1v) is 11.0. The van der Waals surface area contributed by atoms with E-state index in [0.29, 0.717) is 34.1 Å². The van der Waals surface area contributed by atoms with Crippen LogP contribution in [0.4, 0.5) is 0 Å². The Balaban J connectivity index is 1.55. The van der Waals surface area contributed by atoms with Crippen LogP contribution >= 0.6 is 34.8 Å². The van der Waals surface area contributed by atoms with Crippen molar-refractivity contribution in [3.8, 4) is 11.8 Å². The number of benzene rings is 3. The molecule has 0 amide bonds. The van der Waals surface area contributed by atoms with Crippen molar-refractivity contribution in [1.82, 2.24) is 0 Å². The summed E-state index contributed by atoms with van der Waals surface area (Å²) in [4.78, 5) is 0. The molecule has 5 heteroatoms. The molecule has 4 rings (SSSR count). The molecule has 0 aliphatic heterocycles. The van der Waals surface area contributed by atoms with Gasteiger partial charge in [0.15, 0.2) is 0 Å². The molecule has 0 bridgehead atoms. The molecule has 0 saturated heterocycles. The first-order valence-electron chi connectivity index (χ1n) is 9.87. The molecule has 0 spiro atoms. The molecule has 1 fully saturated rings. The number of nitrogens with zero attached hydrogens (tertiary/aromatic N) is 1. The Morgan fingerprint density at radius 1 is 0.833 bits per heavy atom. The van der Waals surface area contributed by atoms with Crippen molar-refractivity contribution < 1.29 is 4.74 Å². The molecule has 0 N–H and O–H groups in total. The van der Waals surface area contributed by atoms with Gasteiger partial charge in [0.05, 0.1) is 18.2 Å². The van der Waals surface area contributed by atoms with E-state index < -0.39 is 0 Å². The second kappa shape index (κ2) is 9.31. The van der Waals surface area contributed by atoms with Crippen LogP contribution in [0.15, 0.2) is 66.7 Å². The third-order valence-corrected chi connectivity index (χ3v) is 6.60. The molecule has 1 saturated carbocycles. The van der Waals surface area contributed by atoms with Crippen LogP contribution in [0.2, 0.25) is 15.1 Å². The van der Waals surface area contributed by atoms with E-state index in [4.69, 9.17) is 44.8 Å². The van der Waals surface area contributed by atoms with Crippen LogP contribution in [-0.2, 0) is 0 Å². The van der Waals surface area contributed by atoms with Crippen LogP contribution in [0, 0.1) is 17.2 Å². The lowest BCUT2D eigenvalue weighted by Gasteiger charge is -2.21. The molecule has 3 aromatic carbocycles. The molecular weight excluding hydrogens is 437 g/mol. The summed E-state index contributed by atoms with van der Waals surface area (Å²) >= 11 is 18.8. The standard InChI is InChI=1S/C25H20Cl3NO/c26-19-5-3-18(4-6-19)23-11-17(15-30-21-8-1-16(14-29)2-9-21)12-24(23)22-10-7-20(27)13-25(22)28/h1-10,13,17,23-24H,11-12,15H2/t17-,23-,24+/m1/s1. The van der Waals surface area contributed by atoms with Crippen molar-refractivity contribution in [2.75, 3.05) is 6.61 Å². The lowest BCUT2D eigenvalue weighted by Crippen LogP contribution is -2.09. The number of halogens is 3. The largest absolute Gasteiger partial charge is 0.493 e. The van der Waals surface area contributed by atoms with Crippen LogP contribution in [0.5, 0.6) is 5.75 Å². The van der Waals surface area contributed by atoms with Gasteiger partial charge in [0.1, 0.15) is 5.75 Å². The minimum absolute atomic E-state index is 0.283. The van der Waals surface area contributed by atoms with Gasteiger partial charge in [-0.05, 0) is 90.3 Å². The van der Waals surface area contributed by atoms with Gasteiger partial charge < -0.3 is 4.74 Å². The van der Waals surface area contributed by atoms with E-state index in [1.54, 1.807) is 12.1 Å². The average molecular weight is 457 g/mol. The third-order valence-electron chi connectivity index (χ3n) is 5.79. The Labute approximate surface area is 192 Å². The molecule has 3 aromatic rings. The van der Waals surface area contributed by atoms with Gasteiger partial charge in [0.2, 0.25) is 0 Å². The molecule has 30 heavy (non-hydrogen) atoms. The summed E-state index contributed by atoms with van der Waals surface area (Å²) in [7, 11) is 0. The van der Waals surface area contributed by atoms with E-state index in [1.807, 2.05) is 42.5 Å². The number of hydrogen-bond acceptors (Lipinski definition) is 2. The zero-order valence-corrected chi connectivity index (χ0v) is 18.5. The average Bonchev–Trinajstić information content (AvgIpc) is 3.17. The summed E-state index contributed by atoms with van der Waals surface area (Å²) in [6.45, 7) is 0.623. The van der Waals surface area contributed by atoms with Gasteiger partial charge in [0, 0.05) is 15.1 Å². The zero-order chi connectivity index (χ0) is 21.1. The summed E-state index contributed by atoms with van der Waals surface area (Å²) in [5, 5.41) is 11.0. The fraction of sp³-hybridized carbons (Fsp3) is 0.240. The smallest absolute Gasteiger partial charge is 0.119 e. The normalized spacial score (nSPS) is 20.7. The molecule has 1 aliphatic carbocycles. The maximum atomic E-state index is 8.94. The monoisotopic (exact) mass is 455 g/mol. The number of nitriles is 1. The molecule has 3 atom stereocenters. The van der Waals surface area contributed by atoms with Crippen molar-refractivity contribution in [3.05, 3.63) is 98.5 Å². The predicted octanol–water partition coefficient (Wildman–Crippen LogP) is 7.87. The van der Waals surface area contributed by atoms with Gasteiger partial charge in [-0.3, -0.25) is 0 Å². The number of hydrogen-bond donors (Lipinski definition) is 0. The molecule has 0 heterocycles. The second-order valence-electron chi connectivity index (χ2n) is 7.71. The Morgan fingerprint density at radius 2 is 1.50 bits per heavy atom. The molecule has 0 aromatic heterocycles. The first-order chi connectivity index (χ1) is 14.5. The Kier molecular flexibility index (Phi) is 6.54. The predicted molar refractivity (Wildman–Crippen MR) is 123 cm³/mol. The highest BCUT2D eigenvalue weighted by molar-refractivity contribution is 6.35. The third kappa shape index (κ3) is 4.76. The first kappa shape index (κ1) is 21.1. The van der Waals surface area contributed by atoms with E-state index in [2.05, 4.69) is 18.2 Å². The minimum atomic E-state index is 0.283. The van der Waals surface area contributed by atoms with Crippen molar-refractivity contribution in [2.24, 2.45) is 5.92 Å². The van der Waals surface area contributed by atoms with Crippen molar-refractivity contribution >= 4 is 34.8 Å². The molecular formula is C25H20Cl3NO. The lowest BCUT2D eigenvalue weighted by molar-refractivity contribution is 0.250. The molecule has 1 aliphatic rings. The van der Waals surface area contributed by atoms with Gasteiger partial charge in [-0.15, -0.1) is 0 Å². The summed E-state index contributed by atoms with van der Waals surface area (Å²) < 4.78 is 6.04. The second-order valence-corrected chi connectivity index (χ2v) is 9.00. The topological polar surface area (TPSA) is 33.0 Å². The van der Waals surface area contributed by atoms with Gasteiger partial charge in [-0.2, -0.15) is 5.26 Å². The zero-order valence-electron chi connectivity index (χ0n) is 16.2. The lowest BCUT2D eigenvalue weighted by atomic mass is 9.84. The van der Waals surface area contributed by atoms with Crippen LogP contribution in [0.25, 0.3) is 0 Å². The van der Waals surface area contributed by atoms with Gasteiger partial charge >= 0.3 is 0 Å². The highest BCUT2D eigenvalue weighted by Crippen LogP contribution is 2.50. The minimum Gasteiger partial charge on any atom is -0.493 e. The Bertz CT molecular complexity index is 1060. The summed E-state index contributed by atoms with van der Waals surface area (Å²) in [5.74, 6) is 1.78. The van der Waals surface area contributed by atoms with Crippen LogP contribution in [0.1, 0.15) is 41.4 Å². The van der Waals surface area contributed by atoms with Crippen molar-refractivity contribution in [3.63, 3.8) is 0 Å². The summed E-state index contributed by atoms with van der Waals surface area (Å²) in [5.41, 5.74) is 3.02. The van der Waals surface area contributed by atoms with E-state index in [0.717, 1.165) is 29.2 Å². The number of rotatable bonds is 5. The number of ether oxygens (including phenoxy) is 1. The summed E-state index contributed by atoms with van der Waals surface area (Å²) in [6.07, 6.45) is 1.98. The summed E-state index contributed by atoms with van der Waals surface area (Å²) in [6, 6.07) is 23.2. The van der Waals surface area contributed by atoms with Gasteiger partial charge in [-0.1, -0.05) is 53.0 Å². The van der Waals surface area contributed by atoms with Crippen LogP contribution in [-0.4, -0.2) is 6.61 Å². The van der Waals surface area contributed by atoms with E-state index in [-0.39, 0.29) is 5.92 Å². The van der Waals surface area contributed by atoms with E-state index in [9.17, 15) is 0 Å². The molecule has 0 radical (unpaired) electrons. The molecule has 152 valence electrons. The van der Waals surface area contributed by atoms with E-state index in [1.165, 1.54) is 5.56 Å². The maximum Gasteiger partial charge on any atom is 0.119 e. The fourth-order valence-corrected chi connectivity index (χ4v) is 5.02. The van der Waals surface area contributed by atoms with Crippen LogP contribution in [0.3, 0.4) is 0 Å². The van der Waals surface area contributed by atoms with E-state index >= 15 is 0 Å². The highest BCUT2D eigenvalue weighted by Gasteiger charge is 2.37. The SMILES string of the molecule is N#Cc1ccc(OC[C@@H]2C[C@H](c3ccc(Cl)cc3)[C@H](c3ccc(Cl)cc3Cl)C2)cc1. The highest BCUT2D eigenvalue weighted by atomic mass is 35.5. The van der Waals surface area contributed by atoms with Crippen molar-refractivity contribution in [2.45, 2.75) is 24.7 Å². The van der Waals surface area contributed by atoms with Crippen molar-refractivity contribution in [1.29, 1.82) is 5.26 Å². The van der Waals surface area contributed by atoms with Gasteiger partial charge in [-0.25, -0.2) is 0 Å².